The van der Waals surface area contributed by atoms with Crippen molar-refractivity contribution in [3.05, 3.63) is 42.5 Å². The lowest BCUT2D eigenvalue weighted by atomic mass is 10.2. The van der Waals surface area contributed by atoms with Crippen LogP contribution in [-0.2, 0) is 10.2 Å². The maximum Gasteiger partial charge on any atom is 0.301 e. The van der Waals surface area contributed by atoms with Crippen molar-refractivity contribution >= 4 is 27.3 Å². The van der Waals surface area contributed by atoms with E-state index in [1.165, 1.54) is 14.1 Å². The van der Waals surface area contributed by atoms with Crippen molar-refractivity contribution < 1.29 is 17.9 Å². The van der Waals surface area contributed by atoms with Gasteiger partial charge in [-0.05, 0) is 36.4 Å². The Kier molecular flexibility index (Phi) is 4.50. The van der Waals surface area contributed by atoms with Crippen molar-refractivity contribution in [3.63, 3.8) is 0 Å². The van der Waals surface area contributed by atoms with E-state index in [2.05, 4.69) is 10.0 Å². The van der Waals surface area contributed by atoms with E-state index < -0.39 is 10.2 Å². The van der Waals surface area contributed by atoms with E-state index in [1.54, 1.807) is 24.3 Å². The largest absolute Gasteiger partial charge is 0.486 e. The molecule has 7 nitrogen and oxygen atoms in total. The summed E-state index contributed by atoms with van der Waals surface area (Å²) in [5.41, 5.74) is 2.19. The molecule has 0 aromatic heterocycles. The van der Waals surface area contributed by atoms with Crippen molar-refractivity contribution in [2.45, 2.75) is 0 Å². The molecule has 0 unspecified atom stereocenters. The predicted octanol–water partition coefficient (Wildman–Crippen LogP) is 2.42. The van der Waals surface area contributed by atoms with Gasteiger partial charge in [-0.2, -0.15) is 12.7 Å². The molecule has 24 heavy (non-hydrogen) atoms. The summed E-state index contributed by atoms with van der Waals surface area (Å²) in [7, 11) is -0.556. The Labute approximate surface area is 141 Å². The molecule has 0 radical (unpaired) electrons. The Balaban J connectivity index is 1.70. The van der Waals surface area contributed by atoms with Crippen LogP contribution in [0.3, 0.4) is 0 Å². The van der Waals surface area contributed by atoms with Crippen molar-refractivity contribution in [2.24, 2.45) is 0 Å². The number of hydrogen-bond acceptors (Lipinski definition) is 5. The molecule has 8 heteroatoms. The fourth-order valence-corrected chi connectivity index (χ4v) is 2.77. The van der Waals surface area contributed by atoms with Gasteiger partial charge in [-0.15, -0.1) is 0 Å². The molecule has 1 aliphatic heterocycles. The maximum atomic E-state index is 11.8. The monoisotopic (exact) mass is 349 g/mol. The number of ether oxygens (including phenoxy) is 2. The standard InChI is InChI=1S/C16H19N3O4S/c1-19(2)24(20,21)18-13-5-3-12(4-6-13)17-14-7-8-15-16(11-14)23-10-9-22-15/h3-8,11,17-18H,9-10H2,1-2H3. The van der Waals surface area contributed by atoms with Crippen molar-refractivity contribution in [1.29, 1.82) is 0 Å². The zero-order valence-electron chi connectivity index (χ0n) is 13.4. The molecule has 0 saturated carbocycles. The summed E-state index contributed by atoms with van der Waals surface area (Å²) in [4.78, 5) is 0. The zero-order chi connectivity index (χ0) is 17.2. The first-order chi connectivity index (χ1) is 11.4. The van der Waals surface area contributed by atoms with Gasteiger partial charge in [-0.3, -0.25) is 4.72 Å². The maximum absolute atomic E-state index is 11.8. The van der Waals surface area contributed by atoms with Gasteiger partial charge in [-0.1, -0.05) is 0 Å². The van der Waals surface area contributed by atoms with Crippen LogP contribution in [0.1, 0.15) is 0 Å². The molecule has 0 atom stereocenters. The normalized spacial score (nSPS) is 13.6. The average Bonchev–Trinajstić information content (AvgIpc) is 2.56. The van der Waals surface area contributed by atoms with Crippen molar-refractivity contribution in [2.75, 3.05) is 37.3 Å². The van der Waals surface area contributed by atoms with Crippen LogP contribution in [0.2, 0.25) is 0 Å². The minimum atomic E-state index is -3.50. The number of benzene rings is 2. The van der Waals surface area contributed by atoms with E-state index in [-0.39, 0.29) is 0 Å². The molecule has 0 saturated heterocycles. The SMILES string of the molecule is CN(C)S(=O)(=O)Nc1ccc(Nc2ccc3c(c2)OCCO3)cc1. The number of anilines is 3. The highest BCUT2D eigenvalue weighted by Crippen LogP contribution is 2.33. The molecule has 128 valence electrons. The fourth-order valence-electron chi connectivity index (χ4n) is 2.15. The Hall–Kier alpha value is -2.45. The second-order valence-electron chi connectivity index (χ2n) is 5.45. The third kappa shape index (κ3) is 3.72. The second-order valence-corrected chi connectivity index (χ2v) is 7.33. The number of hydrogen-bond donors (Lipinski definition) is 2. The molecule has 0 aliphatic carbocycles. The van der Waals surface area contributed by atoms with E-state index in [0.29, 0.717) is 24.7 Å². The van der Waals surface area contributed by atoms with Crippen LogP contribution in [0, 0.1) is 0 Å². The van der Waals surface area contributed by atoms with E-state index in [9.17, 15) is 8.42 Å². The molecular weight excluding hydrogens is 330 g/mol. The second kappa shape index (κ2) is 6.58. The highest BCUT2D eigenvalue weighted by atomic mass is 32.2. The fraction of sp³-hybridized carbons (Fsp3) is 0.250. The third-order valence-electron chi connectivity index (χ3n) is 3.44. The van der Waals surface area contributed by atoms with Gasteiger partial charge in [0.2, 0.25) is 0 Å². The molecule has 1 aliphatic rings. The summed E-state index contributed by atoms with van der Waals surface area (Å²) in [6.07, 6.45) is 0. The number of rotatable bonds is 5. The van der Waals surface area contributed by atoms with Crippen molar-refractivity contribution in [1.82, 2.24) is 4.31 Å². The van der Waals surface area contributed by atoms with Gasteiger partial charge in [-0.25, -0.2) is 0 Å². The minimum Gasteiger partial charge on any atom is -0.486 e. The summed E-state index contributed by atoms with van der Waals surface area (Å²) in [6, 6.07) is 12.6. The van der Waals surface area contributed by atoms with E-state index >= 15 is 0 Å². The summed E-state index contributed by atoms with van der Waals surface area (Å²) >= 11 is 0. The number of fused-ring (bicyclic) bond motifs is 1. The predicted molar refractivity (Wildman–Crippen MR) is 93.4 cm³/mol. The lowest BCUT2D eigenvalue weighted by Crippen LogP contribution is -2.28. The summed E-state index contributed by atoms with van der Waals surface area (Å²) in [5.74, 6) is 1.45. The summed E-state index contributed by atoms with van der Waals surface area (Å²) < 4.78 is 38.2. The highest BCUT2D eigenvalue weighted by molar-refractivity contribution is 7.90. The van der Waals surface area contributed by atoms with Crippen LogP contribution >= 0.6 is 0 Å². The molecule has 2 aromatic carbocycles. The molecule has 0 bridgehead atoms. The quantitative estimate of drug-likeness (QED) is 0.867. The van der Waals surface area contributed by atoms with Gasteiger partial charge in [0.1, 0.15) is 13.2 Å². The summed E-state index contributed by atoms with van der Waals surface area (Å²) in [5, 5.41) is 3.24. The number of nitrogens with one attached hydrogen (secondary N) is 2. The molecule has 3 rings (SSSR count). The average molecular weight is 349 g/mol. The first-order valence-corrected chi connectivity index (χ1v) is 8.85. The lowest BCUT2D eigenvalue weighted by Gasteiger charge is -2.19. The molecular formula is C16H19N3O4S. The van der Waals surface area contributed by atoms with Gasteiger partial charge in [0.15, 0.2) is 11.5 Å². The van der Waals surface area contributed by atoms with Crippen LogP contribution in [0.5, 0.6) is 11.5 Å². The first-order valence-electron chi connectivity index (χ1n) is 7.41. The smallest absolute Gasteiger partial charge is 0.301 e. The molecule has 2 aromatic rings. The molecule has 0 spiro atoms. The van der Waals surface area contributed by atoms with Crippen LogP contribution in [0.15, 0.2) is 42.5 Å². The Morgan fingerprint density at radius 2 is 1.46 bits per heavy atom. The van der Waals surface area contributed by atoms with Gasteiger partial charge >= 0.3 is 10.2 Å². The Morgan fingerprint density at radius 3 is 2.12 bits per heavy atom. The van der Waals surface area contributed by atoms with Crippen LogP contribution in [0.25, 0.3) is 0 Å². The lowest BCUT2D eigenvalue weighted by molar-refractivity contribution is 0.171. The molecule has 2 N–H and O–H groups in total. The van der Waals surface area contributed by atoms with Crippen LogP contribution < -0.4 is 19.5 Å². The van der Waals surface area contributed by atoms with Crippen LogP contribution in [-0.4, -0.2) is 40.0 Å². The van der Waals surface area contributed by atoms with Crippen molar-refractivity contribution in [3.8, 4) is 11.5 Å². The molecule has 1 heterocycles. The minimum absolute atomic E-state index is 0.497. The third-order valence-corrected chi connectivity index (χ3v) is 4.90. The van der Waals surface area contributed by atoms with Gasteiger partial charge in [0.25, 0.3) is 0 Å². The topological polar surface area (TPSA) is 79.9 Å². The Morgan fingerprint density at radius 1 is 0.875 bits per heavy atom. The van der Waals surface area contributed by atoms with Gasteiger partial charge in [0, 0.05) is 37.2 Å². The highest BCUT2D eigenvalue weighted by Gasteiger charge is 2.13. The summed E-state index contributed by atoms with van der Waals surface area (Å²) in [6.45, 7) is 1.10. The van der Waals surface area contributed by atoms with Gasteiger partial charge < -0.3 is 14.8 Å². The van der Waals surface area contributed by atoms with E-state index in [4.69, 9.17) is 9.47 Å². The van der Waals surface area contributed by atoms with E-state index in [1.807, 2.05) is 18.2 Å². The molecule has 0 amide bonds. The first kappa shape index (κ1) is 16.4. The van der Waals surface area contributed by atoms with Crippen LogP contribution in [0.4, 0.5) is 17.1 Å². The number of nitrogens with zero attached hydrogens (tertiary/aromatic N) is 1. The van der Waals surface area contributed by atoms with Gasteiger partial charge in [0.05, 0.1) is 0 Å². The van der Waals surface area contributed by atoms with E-state index in [0.717, 1.165) is 21.4 Å². The molecule has 0 fully saturated rings. The zero-order valence-corrected chi connectivity index (χ0v) is 14.3. The Bertz CT molecular complexity index is 820.